The zero-order valence-electron chi connectivity index (χ0n) is 30.8. The number of benzene rings is 9. The van der Waals surface area contributed by atoms with Crippen molar-refractivity contribution >= 4 is 71.3 Å². The van der Waals surface area contributed by atoms with Crippen LogP contribution in [0.4, 0.5) is 17.1 Å². The minimum atomic E-state index is 0.877. The first-order valence-corrected chi connectivity index (χ1v) is 20.0. The van der Waals surface area contributed by atoms with Crippen LogP contribution in [0.3, 0.4) is 0 Å². The Labute approximate surface area is 334 Å². The molecule has 9 aromatic carbocycles. The van der Waals surface area contributed by atoms with E-state index in [1.165, 1.54) is 33.0 Å². The van der Waals surface area contributed by atoms with Crippen molar-refractivity contribution in [1.82, 2.24) is 4.98 Å². The Balaban J connectivity index is 0.960. The molecule has 3 nitrogen and oxygen atoms in total. The summed E-state index contributed by atoms with van der Waals surface area (Å²) in [5, 5.41) is 5.68. The summed E-state index contributed by atoms with van der Waals surface area (Å²) in [6, 6.07) is 73.4. The quantitative estimate of drug-likeness (QED) is 0.163. The molecule has 0 spiro atoms. The first-order valence-electron chi connectivity index (χ1n) is 19.2. The van der Waals surface area contributed by atoms with Crippen molar-refractivity contribution in [3.8, 4) is 44.0 Å². The summed E-state index contributed by atoms with van der Waals surface area (Å²) in [6.07, 6.45) is 0. The van der Waals surface area contributed by atoms with Crippen molar-refractivity contribution in [2.75, 3.05) is 4.90 Å². The van der Waals surface area contributed by atoms with Gasteiger partial charge in [0.05, 0.1) is 10.2 Å². The van der Waals surface area contributed by atoms with E-state index in [1.54, 1.807) is 11.3 Å². The van der Waals surface area contributed by atoms with Crippen LogP contribution in [0.25, 0.3) is 86.9 Å². The molecule has 0 unspecified atom stereocenters. The van der Waals surface area contributed by atoms with Crippen LogP contribution in [0, 0.1) is 0 Å². The Morgan fingerprint density at radius 3 is 1.65 bits per heavy atom. The summed E-state index contributed by atoms with van der Waals surface area (Å²) in [6.45, 7) is 0. The first kappa shape index (κ1) is 33.1. The van der Waals surface area contributed by atoms with Crippen molar-refractivity contribution in [2.24, 2.45) is 0 Å². The zero-order chi connectivity index (χ0) is 37.7. The maximum absolute atomic E-state index is 6.66. The highest BCUT2D eigenvalue weighted by atomic mass is 32.1. The number of hydrogen-bond donors (Lipinski definition) is 0. The van der Waals surface area contributed by atoms with Crippen LogP contribution in [0.15, 0.2) is 211 Å². The molecule has 0 aliphatic heterocycles. The van der Waals surface area contributed by atoms with Gasteiger partial charge in [0.1, 0.15) is 16.2 Å². The highest BCUT2D eigenvalue weighted by Crippen LogP contribution is 2.42. The maximum atomic E-state index is 6.66. The highest BCUT2D eigenvalue weighted by molar-refractivity contribution is 7.21. The number of para-hydroxylation sites is 1. The van der Waals surface area contributed by atoms with Gasteiger partial charge in [0.25, 0.3) is 0 Å². The van der Waals surface area contributed by atoms with E-state index in [2.05, 4.69) is 205 Å². The number of fused-ring (bicyclic) bond motifs is 5. The van der Waals surface area contributed by atoms with Crippen molar-refractivity contribution < 1.29 is 4.42 Å². The minimum Gasteiger partial charge on any atom is -0.455 e. The van der Waals surface area contributed by atoms with Gasteiger partial charge in [0.2, 0.25) is 0 Å². The second-order valence-electron chi connectivity index (χ2n) is 14.4. The van der Waals surface area contributed by atoms with Crippen molar-refractivity contribution in [1.29, 1.82) is 0 Å². The molecule has 0 atom stereocenters. The fraction of sp³-hybridized carbons (Fsp3) is 0. The molecule has 0 amide bonds. The molecular weight excluding hydrogens is 713 g/mol. The van der Waals surface area contributed by atoms with E-state index < -0.39 is 0 Å². The van der Waals surface area contributed by atoms with E-state index >= 15 is 0 Å². The second-order valence-corrected chi connectivity index (χ2v) is 15.4. The highest BCUT2D eigenvalue weighted by Gasteiger charge is 2.18. The number of nitrogens with zero attached hydrogens (tertiary/aromatic N) is 2. The monoisotopic (exact) mass is 746 g/mol. The molecular formula is C53H34N2OS. The standard InChI is InChI=1S/C53H34N2OS/c1-3-10-35(11-4-1)37-20-26-43(27-21-37)55(44-28-22-38(23-29-44)42-19-18-36-12-7-8-15-41(36)32-42)45-30-24-39(25-31-45)46-16-9-17-47-48-33-49-51(34-50(48)56-52(46)47)57-53(54-49)40-13-5-2-6-14-40/h1-34H. The lowest BCUT2D eigenvalue weighted by Crippen LogP contribution is -2.09. The van der Waals surface area contributed by atoms with Gasteiger partial charge in [0, 0.05) is 45.0 Å². The fourth-order valence-corrected chi connectivity index (χ4v) is 8.97. The number of aromatic nitrogens is 1. The summed E-state index contributed by atoms with van der Waals surface area (Å²) < 4.78 is 7.78. The van der Waals surface area contributed by atoms with Crippen LogP contribution in [0.2, 0.25) is 0 Å². The van der Waals surface area contributed by atoms with E-state index in [9.17, 15) is 0 Å². The number of thiazole rings is 1. The normalized spacial score (nSPS) is 11.5. The summed E-state index contributed by atoms with van der Waals surface area (Å²) in [5.41, 5.74) is 14.1. The van der Waals surface area contributed by atoms with Crippen LogP contribution >= 0.6 is 11.3 Å². The number of hydrogen-bond acceptors (Lipinski definition) is 4. The summed E-state index contributed by atoms with van der Waals surface area (Å²) in [5.74, 6) is 0. The lowest BCUT2D eigenvalue weighted by molar-refractivity contribution is 0.670. The third-order valence-corrected chi connectivity index (χ3v) is 12.0. The average molecular weight is 747 g/mol. The molecule has 2 aromatic heterocycles. The van der Waals surface area contributed by atoms with E-state index in [4.69, 9.17) is 9.40 Å². The Bertz CT molecular complexity index is 3200. The molecule has 11 aromatic rings. The van der Waals surface area contributed by atoms with E-state index in [0.29, 0.717) is 0 Å². The number of anilines is 3. The minimum absolute atomic E-state index is 0.877. The maximum Gasteiger partial charge on any atom is 0.143 e. The molecule has 0 radical (unpaired) electrons. The third kappa shape index (κ3) is 6.04. The van der Waals surface area contributed by atoms with Gasteiger partial charge in [-0.25, -0.2) is 4.98 Å². The van der Waals surface area contributed by atoms with Crippen LogP contribution < -0.4 is 4.90 Å². The van der Waals surface area contributed by atoms with Gasteiger partial charge in [0.15, 0.2) is 0 Å². The lowest BCUT2D eigenvalue weighted by atomic mass is 10.00. The van der Waals surface area contributed by atoms with Gasteiger partial charge in [-0.2, -0.15) is 0 Å². The van der Waals surface area contributed by atoms with Gasteiger partial charge in [-0.15, -0.1) is 11.3 Å². The van der Waals surface area contributed by atoms with Gasteiger partial charge >= 0.3 is 0 Å². The summed E-state index contributed by atoms with van der Waals surface area (Å²) in [7, 11) is 0. The molecule has 2 heterocycles. The number of rotatable bonds is 7. The average Bonchev–Trinajstić information content (AvgIpc) is 3.87. The third-order valence-electron chi connectivity index (χ3n) is 10.9. The largest absolute Gasteiger partial charge is 0.455 e. The van der Waals surface area contributed by atoms with Gasteiger partial charge in [-0.3, -0.25) is 0 Å². The molecule has 0 N–H and O–H groups in total. The van der Waals surface area contributed by atoms with E-state index in [-0.39, 0.29) is 0 Å². The zero-order valence-corrected chi connectivity index (χ0v) is 31.7. The molecule has 4 heteroatoms. The molecule has 0 aliphatic carbocycles. The smallest absolute Gasteiger partial charge is 0.143 e. The molecule has 0 fully saturated rings. The van der Waals surface area contributed by atoms with Crippen LogP contribution in [-0.2, 0) is 0 Å². The molecule has 0 saturated heterocycles. The Morgan fingerprint density at radius 1 is 0.404 bits per heavy atom. The molecule has 11 rings (SSSR count). The van der Waals surface area contributed by atoms with Crippen LogP contribution in [0.5, 0.6) is 0 Å². The Hall–Kier alpha value is -7.27. The molecule has 57 heavy (non-hydrogen) atoms. The molecule has 268 valence electrons. The Morgan fingerprint density at radius 2 is 0.965 bits per heavy atom. The molecule has 0 saturated carbocycles. The molecule has 0 bridgehead atoms. The lowest BCUT2D eigenvalue weighted by Gasteiger charge is -2.26. The van der Waals surface area contributed by atoms with Crippen molar-refractivity contribution in [2.45, 2.75) is 0 Å². The topological polar surface area (TPSA) is 29.3 Å². The summed E-state index contributed by atoms with van der Waals surface area (Å²) >= 11 is 1.70. The summed E-state index contributed by atoms with van der Waals surface area (Å²) in [4.78, 5) is 7.33. The SMILES string of the molecule is c1ccc(-c2ccc(N(c3ccc(-c4ccc5ccccc5c4)cc3)c3ccc(-c4cccc5c4oc4cc6sc(-c7ccccc7)nc6cc45)cc3)cc2)cc1. The van der Waals surface area contributed by atoms with Gasteiger partial charge < -0.3 is 9.32 Å². The Kier molecular flexibility index (Phi) is 8.01. The first-order chi connectivity index (χ1) is 28.2. The van der Waals surface area contributed by atoms with Crippen molar-refractivity contribution in [3.63, 3.8) is 0 Å². The fourth-order valence-electron chi connectivity index (χ4n) is 7.99. The van der Waals surface area contributed by atoms with E-state index in [0.717, 1.165) is 70.9 Å². The van der Waals surface area contributed by atoms with Gasteiger partial charge in [-0.05, 0) is 87.1 Å². The van der Waals surface area contributed by atoms with E-state index in [1.807, 2.05) is 6.07 Å². The van der Waals surface area contributed by atoms with Gasteiger partial charge in [-0.1, -0.05) is 152 Å². The predicted molar refractivity (Wildman–Crippen MR) is 241 cm³/mol. The van der Waals surface area contributed by atoms with Crippen LogP contribution in [-0.4, -0.2) is 4.98 Å². The van der Waals surface area contributed by atoms with Crippen LogP contribution in [0.1, 0.15) is 0 Å². The van der Waals surface area contributed by atoms with Crippen molar-refractivity contribution in [3.05, 3.63) is 206 Å². The number of furan rings is 1. The second kappa shape index (κ2) is 13.8. The predicted octanol–water partition coefficient (Wildman–Crippen LogP) is 15.5. The molecule has 0 aliphatic rings.